The maximum atomic E-state index is 11.9. The number of rotatable bonds is 3. The highest BCUT2D eigenvalue weighted by Crippen LogP contribution is 2.34. The van der Waals surface area contributed by atoms with Crippen LogP contribution >= 0.6 is 11.3 Å². The van der Waals surface area contributed by atoms with Gasteiger partial charge in [-0.25, -0.2) is 13.1 Å². The lowest BCUT2D eigenvalue weighted by Crippen LogP contribution is -2.40. The summed E-state index contributed by atoms with van der Waals surface area (Å²) >= 11 is 0.676. The standard InChI is InChI=1S/C8H13N3O4S2/c1-8(2,3)10-17(14,15)6-4-5(11(12)13)7(9)16-6/h4,10H,9H2,1-3H3. The fourth-order valence-corrected chi connectivity index (χ4v) is 3.73. The molecule has 0 saturated carbocycles. The van der Waals surface area contributed by atoms with Gasteiger partial charge in [-0.3, -0.25) is 10.1 Å². The van der Waals surface area contributed by atoms with E-state index in [1.165, 1.54) is 0 Å². The zero-order chi connectivity index (χ0) is 13.4. The molecule has 0 fully saturated rings. The molecule has 0 unspecified atom stereocenters. The smallest absolute Gasteiger partial charge is 0.304 e. The largest absolute Gasteiger partial charge is 0.385 e. The number of hydrogen-bond acceptors (Lipinski definition) is 6. The van der Waals surface area contributed by atoms with Crippen LogP contribution in [0.1, 0.15) is 20.8 Å². The Morgan fingerprint density at radius 3 is 2.35 bits per heavy atom. The highest BCUT2D eigenvalue weighted by molar-refractivity contribution is 7.91. The van der Waals surface area contributed by atoms with Crippen molar-refractivity contribution in [2.45, 2.75) is 30.5 Å². The summed E-state index contributed by atoms with van der Waals surface area (Å²) in [7, 11) is -3.77. The van der Waals surface area contributed by atoms with E-state index in [9.17, 15) is 18.5 Å². The Morgan fingerprint density at radius 2 is 2.00 bits per heavy atom. The molecule has 9 heteroatoms. The number of anilines is 1. The molecule has 0 spiro atoms. The summed E-state index contributed by atoms with van der Waals surface area (Å²) in [4.78, 5) is 9.86. The lowest BCUT2D eigenvalue weighted by Gasteiger charge is -2.19. The van der Waals surface area contributed by atoms with E-state index in [4.69, 9.17) is 5.73 Å². The Kier molecular flexibility index (Phi) is 3.46. The van der Waals surface area contributed by atoms with Gasteiger partial charge in [-0.15, -0.1) is 0 Å². The van der Waals surface area contributed by atoms with Gasteiger partial charge in [0.2, 0.25) is 0 Å². The number of nitro groups is 1. The van der Waals surface area contributed by atoms with Crippen molar-refractivity contribution in [1.29, 1.82) is 0 Å². The molecule has 1 heterocycles. The van der Waals surface area contributed by atoms with Crippen LogP contribution in [0.4, 0.5) is 10.7 Å². The fourth-order valence-electron chi connectivity index (χ4n) is 1.10. The second-order valence-corrected chi connectivity index (χ2v) is 7.42. The lowest BCUT2D eigenvalue weighted by atomic mass is 10.1. The molecule has 0 aliphatic carbocycles. The first-order valence-corrected chi connectivity index (χ1v) is 6.90. The molecule has 0 aromatic carbocycles. The Labute approximate surface area is 103 Å². The van der Waals surface area contributed by atoms with Gasteiger partial charge in [0.25, 0.3) is 10.0 Å². The number of sulfonamides is 1. The average Bonchev–Trinajstić information content (AvgIpc) is 2.43. The minimum absolute atomic E-state index is 0.121. The van der Waals surface area contributed by atoms with Crippen molar-refractivity contribution in [3.63, 3.8) is 0 Å². The van der Waals surface area contributed by atoms with Crippen LogP contribution < -0.4 is 10.5 Å². The molecule has 0 aliphatic rings. The van der Waals surface area contributed by atoms with Crippen LogP contribution in [0.5, 0.6) is 0 Å². The zero-order valence-electron chi connectivity index (χ0n) is 9.55. The van der Waals surface area contributed by atoms with Crippen LogP contribution in [0, 0.1) is 10.1 Å². The summed E-state index contributed by atoms with van der Waals surface area (Å²) in [5, 5.41) is 10.4. The summed E-state index contributed by atoms with van der Waals surface area (Å²) in [6.45, 7) is 5.03. The quantitative estimate of drug-likeness (QED) is 0.639. The number of nitrogens with one attached hydrogen (secondary N) is 1. The summed E-state index contributed by atoms with van der Waals surface area (Å²) in [5.41, 5.74) is 4.34. The summed E-state index contributed by atoms with van der Waals surface area (Å²) in [5.74, 6) is 0. The molecule has 0 atom stereocenters. The van der Waals surface area contributed by atoms with Gasteiger partial charge in [0.05, 0.1) is 4.92 Å². The molecule has 0 aliphatic heterocycles. The zero-order valence-corrected chi connectivity index (χ0v) is 11.2. The van der Waals surface area contributed by atoms with E-state index in [2.05, 4.69) is 4.72 Å². The minimum atomic E-state index is -3.77. The number of nitrogen functional groups attached to an aromatic ring is 1. The molecule has 3 N–H and O–H groups in total. The van der Waals surface area contributed by atoms with Gasteiger partial charge >= 0.3 is 5.69 Å². The topological polar surface area (TPSA) is 115 Å². The minimum Gasteiger partial charge on any atom is -0.385 e. The van der Waals surface area contributed by atoms with Gasteiger partial charge in [0.1, 0.15) is 4.21 Å². The highest BCUT2D eigenvalue weighted by Gasteiger charge is 2.27. The van der Waals surface area contributed by atoms with Crippen molar-refractivity contribution in [2.24, 2.45) is 0 Å². The van der Waals surface area contributed by atoms with Gasteiger partial charge in [-0.2, -0.15) is 0 Å². The fraction of sp³-hybridized carbons (Fsp3) is 0.500. The van der Waals surface area contributed by atoms with Crippen LogP contribution in [-0.4, -0.2) is 18.9 Å². The summed E-state index contributed by atoms with van der Waals surface area (Å²) in [6.07, 6.45) is 0. The Bertz CT molecular complexity index is 542. The number of nitrogens with two attached hydrogens (primary N) is 1. The maximum absolute atomic E-state index is 11.9. The third-order valence-electron chi connectivity index (χ3n) is 1.62. The first kappa shape index (κ1) is 13.9. The highest BCUT2D eigenvalue weighted by atomic mass is 32.2. The second kappa shape index (κ2) is 4.24. The van der Waals surface area contributed by atoms with Crippen molar-refractivity contribution in [2.75, 3.05) is 5.73 Å². The molecular formula is C8H13N3O4S2. The second-order valence-electron chi connectivity index (χ2n) is 4.43. The van der Waals surface area contributed by atoms with E-state index < -0.39 is 20.5 Å². The molecule has 0 saturated heterocycles. The van der Waals surface area contributed by atoms with Gasteiger partial charge < -0.3 is 5.73 Å². The van der Waals surface area contributed by atoms with E-state index >= 15 is 0 Å². The van der Waals surface area contributed by atoms with E-state index in [0.29, 0.717) is 11.3 Å². The van der Waals surface area contributed by atoms with Gasteiger partial charge in [-0.1, -0.05) is 11.3 Å². The van der Waals surface area contributed by atoms with E-state index in [0.717, 1.165) is 6.07 Å². The van der Waals surface area contributed by atoms with Crippen molar-refractivity contribution in [1.82, 2.24) is 4.72 Å². The predicted octanol–water partition coefficient (Wildman–Crippen LogP) is 1.32. The lowest BCUT2D eigenvalue weighted by molar-refractivity contribution is -0.383. The van der Waals surface area contributed by atoms with Gasteiger partial charge in [0, 0.05) is 11.6 Å². The van der Waals surface area contributed by atoms with Crippen LogP contribution in [0.15, 0.2) is 10.3 Å². The van der Waals surface area contributed by atoms with E-state index in [1.54, 1.807) is 20.8 Å². The molecule has 17 heavy (non-hydrogen) atoms. The molecule has 1 aromatic rings. The van der Waals surface area contributed by atoms with Crippen molar-refractivity contribution in [3.05, 3.63) is 16.2 Å². The molecule has 1 aromatic heterocycles. The monoisotopic (exact) mass is 279 g/mol. The molecule has 0 amide bonds. The molecule has 96 valence electrons. The Morgan fingerprint density at radius 1 is 1.47 bits per heavy atom. The summed E-state index contributed by atoms with van der Waals surface area (Å²) in [6, 6.07) is 0.966. The van der Waals surface area contributed by atoms with E-state index in [-0.39, 0.29) is 14.9 Å². The molecule has 0 radical (unpaired) electrons. The molecule has 1 rings (SSSR count). The molecular weight excluding hydrogens is 266 g/mol. The number of thiophene rings is 1. The van der Waals surface area contributed by atoms with Crippen LogP contribution in [0.25, 0.3) is 0 Å². The number of nitrogens with zero attached hydrogens (tertiary/aromatic N) is 1. The van der Waals surface area contributed by atoms with Crippen molar-refractivity contribution in [3.8, 4) is 0 Å². The Hall–Kier alpha value is -1.19. The van der Waals surface area contributed by atoms with Crippen LogP contribution in [0.2, 0.25) is 0 Å². The normalized spacial score (nSPS) is 12.6. The van der Waals surface area contributed by atoms with Crippen LogP contribution in [0.3, 0.4) is 0 Å². The first-order chi connectivity index (χ1) is 7.53. The first-order valence-electron chi connectivity index (χ1n) is 4.60. The molecule has 0 bridgehead atoms. The third kappa shape index (κ3) is 3.38. The summed E-state index contributed by atoms with van der Waals surface area (Å²) < 4.78 is 26.0. The average molecular weight is 279 g/mol. The predicted molar refractivity (Wildman–Crippen MR) is 65.5 cm³/mol. The van der Waals surface area contributed by atoms with Gasteiger partial charge in [-0.05, 0) is 20.8 Å². The van der Waals surface area contributed by atoms with Gasteiger partial charge in [0.15, 0.2) is 5.00 Å². The van der Waals surface area contributed by atoms with E-state index in [1.807, 2.05) is 0 Å². The van der Waals surface area contributed by atoms with Crippen molar-refractivity contribution < 1.29 is 13.3 Å². The maximum Gasteiger partial charge on any atom is 0.304 e. The van der Waals surface area contributed by atoms with Crippen molar-refractivity contribution >= 4 is 32.0 Å². The number of hydrogen-bond donors (Lipinski definition) is 2. The Balaban J connectivity index is 3.18. The molecule has 7 nitrogen and oxygen atoms in total. The van der Waals surface area contributed by atoms with Crippen LogP contribution in [-0.2, 0) is 10.0 Å². The third-order valence-corrected chi connectivity index (χ3v) is 4.80. The SMILES string of the molecule is CC(C)(C)NS(=O)(=O)c1cc([N+](=O)[O-])c(N)s1.